The first-order valence-corrected chi connectivity index (χ1v) is 7.11. The number of alkyl halides is 3. The molecule has 2 rings (SSSR count). The number of hydrogen-bond donors (Lipinski definition) is 1. The Hall–Kier alpha value is -1.11. The Kier molecular flexibility index (Phi) is 4.67. The summed E-state index contributed by atoms with van der Waals surface area (Å²) >= 11 is 1.64. The highest BCUT2D eigenvalue weighted by Crippen LogP contribution is 2.32. The molecule has 0 amide bonds. The van der Waals surface area contributed by atoms with Crippen LogP contribution in [0.15, 0.2) is 24.3 Å². The minimum absolute atomic E-state index is 0.306. The summed E-state index contributed by atoms with van der Waals surface area (Å²) in [5.74, 6) is 0. The SMILES string of the molecule is CNCc1sc2ccccc2c1CN(C)CC(F)(F)F. The van der Waals surface area contributed by atoms with Crippen molar-refractivity contribution in [3.05, 3.63) is 34.7 Å². The van der Waals surface area contributed by atoms with Crippen LogP contribution in [-0.4, -0.2) is 31.7 Å². The van der Waals surface area contributed by atoms with E-state index in [-0.39, 0.29) is 0 Å². The lowest BCUT2D eigenvalue weighted by Gasteiger charge is -2.19. The van der Waals surface area contributed by atoms with Crippen LogP contribution in [0.3, 0.4) is 0 Å². The molecule has 1 N–H and O–H groups in total. The first-order chi connectivity index (χ1) is 9.40. The summed E-state index contributed by atoms with van der Waals surface area (Å²) in [7, 11) is 3.34. The Bertz CT molecular complexity index is 577. The van der Waals surface area contributed by atoms with Crippen LogP contribution in [0, 0.1) is 0 Å². The van der Waals surface area contributed by atoms with E-state index in [4.69, 9.17) is 0 Å². The van der Waals surface area contributed by atoms with Gasteiger partial charge in [-0.15, -0.1) is 11.3 Å². The van der Waals surface area contributed by atoms with Crippen molar-refractivity contribution >= 4 is 21.4 Å². The largest absolute Gasteiger partial charge is 0.401 e. The third kappa shape index (κ3) is 3.71. The normalized spacial score (nSPS) is 12.5. The predicted octanol–water partition coefficient (Wildman–Crippen LogP) is 3.61. The number of nitrogens with one attached hydrogen (secondary N) is 1. The first-order valence-electron chi connectivity index (χ1n) is 6.30. The van der Waals surface area contributed by atoms with Crippen molar-refractivity contribution in [1.29, 1.82) is 0 Å². The van der Waals surface area contributed by atoms with Gasteiger partial charge in [-0.1, -0.05) is 18.2 Å². The molecule has 2 nitrogen and oxygen atoms in total. The summed E-state index contributed by atoms with van der Waals surface area (Å²) in [6.45, 7) is 0.0885. The van der Waals surface area contributed by atoms with Gasteiger partial charge in [-0.05, 0) is 31.1 Å². The van der Waals surface area contributed by atoms with Crippen LogP contribution in [0.1, 0.15) is 10.4 Å². The predicted molar refractivity (Wildman–Crippen MR) is 77.0 cm³/mol. The van der Waals surface area contributed by atoms with E-state index in [0.29, 0.717) is 13.1 Å². The molecule has 0 bridgehead atoms. The molecule has 0 saturated carbocycles. The van der Waals surface area contributed by atoms with Gasteiger partial charge in [0.25, 0.3) is 0 Å². The smallest absolute Gasteiger partial charge is 0.315 e. The number of benzene rings is 1. The molecule has 0 unspecified atom stereocenters. The summed E-state index contributed by atoms with van der Waals surface area (Å²) in [6, 6.07) is 7.85. The van der Waals surface area contributed by atoms with Gasteiger partial charge < -0.3 is 5.32 Å². The molecule has 0 fully saturated rings. The zero-order valence-electron chi connectivity index (χ0n) is 11.4. The standard InChI is InChI=1S/C14H17F3N2S/c1-18-7-13-11(8-19(2)9-14(15,16)17)10-5-3-4-6-12(10)20-13/h3-6,18H,7-9H2,1-2H3. The first kappa shape index (κ1) is 15.3. The van der Waals surface area contributed by atoms with E-state index in [1.54, 1.807) is 11.3 Å². The van der Waals surface area contributed by atoms with Gasteiger partial charge in [0.15, 0.2) is 0 Å². The summed E-state index contributed by atoms with van der Waals surface area (Å²) in [4.78, 5) is 2.41. The molecule has 1 aromatic carbocycles. The summed E-state index contributed by atoms with van der Waals surface area (Å²) in [5, 5.41) is 4.13. The van der Waals surface area contributed by atoms with Gasteiger partial charge in [0, 0.05) is 22.7 Å². The van der Waals surface area contributed by atoms with Crippen molar-refractivity contribution in [2.24, 2.45) is 0 Å². The van der Waals surface area contributed by atoms with E-state index in [1.807, 2.05) is 31.3 Å². The molecule has 20 heavy (non-hydrogen) atoms. The third-order valence-corrected chi connectivity index (χ3v) is 4.21. The van der Waals surface area contributed by atoms with Gasteiger partial charge in [-0.25, -0.2) is 0 Å². The van der Waals surface area contributed by atoms with Gasteiger partial charge in [0.1, 0.15) is 0 Å². The number of thiophene rings is 1. The van der Waals surface area contributed by atoms with Crippen molar-refractivity contribution in [2.75, 3.05) is 20.6 Å². The Morgan fingerprint density at radius 1 is 1.25 bits per heavy atom. The fraction of sp³-hybridized carbons (Fsp3) is 0.429. The molecule has 110 valence electrons. The number of hydrogen-bond acceptors (Lipinski definition) is 3. The zero-order valence-corrected chi connectivity index (χ0v) is 12.2. The Balaban J connectivity index is 2.29. The summed E-state index contributed by atoms with van der Waals surface area (Å²) in [5.41, 5.74) is 0.992. The molecule has 2 aromatic rings. The van der Waals surface area contributed by atoms with Crippen LogP contribution in [-0.2, 0) is 13.1 Å². The molecule has 0 aliphatic rings. The van der Waals surface area contributed by atoms with E-state index >= 15 is 0 Å². The fourth-order valence-electron chi connectivity index (χ4n) is 2.26. The van der Waals surface area contributed by atoms with E-state index in [9.17, 15) is 13.2 Å². The van der Waals surface area contributed by atoms with Gasteiger partial charge >= 0.3 is 6.18 Å². The number of halogens is 3. The minimum atomic E-state index is -4.16. The highest BCUT2D eigenvalue weighted by molar-refractivity contribution is 7.19. The van der Waals surface area contributed by atoms with E-state index in [0.717, 1.165) is 20.5 Å². The van der Waals surface area contributed by atoms with Crippen molar-refractivity contribution < 1.29 is 13.2 Å². The monoisotopic (exact) mass is 302 g/mol. The van der Waals surface area contributed by atoms with E-state index < -0.39 is 12.7 Å². The summed E-state index contributed by atoms with van der Waals surface area (Å²) in [6.07, 6.45) is -4.16. The maximum absolute atomic E-state index is 12.4. The van der Waals surface area contributed by atoms with Crippen molar-refractivity contribution in [3.8, 4) is 0 Å². The molecule has 0 radical (unpaired) electrons. The highest BCUT2D eigenvalue weighted by Gasteiger charge is 2.29. The Labute approximate surface area is 120 Å². The van der Waals surface area contributed by atoms with Gasteiger partial charge in [0.05, 0.1) is 6.54 Å². The molecule has 1 aromatic heterocycles. The van der Waals surface area contributed by atoms with Crippen LogP contribution in [0.25, 0.3) is 10.1 Å². The van der Waals surface area contributed by atoms with Crippen molar-refractivity contribution in [2.45, 2.75) is 19.3 Å². The van der Waals surface area contributed by atoms with Crippen LogP contribution in [0.4, 0.5) is 13.2 Å². The fourth-order valence-corrected chi connectivity index (χ4v) is 3.49. The second kappa shape index (κ2) is 6.11. The van der Waals surface area contributed by atoms with Crippen LogP contribution >= 0.6 is 11.3 Å². The Morgan fingerprint density at radius 2 is 1.95 bits per heavy atom. The average Bonchev–Trinajstić information content (AvgIpc) is 2.66. The van der Waals surface area contributed by atoms with E-state index in [2.05, 4.69) is 5.32 Å². The molecule has 1 heterocycles. The minimum Gasteiger partial charge on any atom is -0.315 e. The zero-order chi connectivity index (χ0) is 14.8. The topological polar surface area (TPSA) is 15.3 Å². The molecule has 6 heteroatoms. The lowest BCUT2D eigenvalue weighted by atomic mass is 10.1. The molecule has 0 spiro atoms. The Morgan fingerprint density at radius 3 is 2.60 bits per heavy atom. The van der Waals surface area contributed by atoms with Crippen LogP contribution < -0.4 is 5.32 Å². The van der Waals surface area contributed by atoms with Gasteiger partial charge in [-0.3, -0.25) is 4.90 Å². The molecular formula is C14H17F3N2S. The van der Waals surface area contributed by atoms with Gasteiger partial charge in [-0.2, -0.15) is 13.2 Å². The maximum Gasteiger partial charge on any atom is 0.401 e. The maximum atomic E-state index is 12.4. The third-order valence-electron chi connectivity index (χ3n) is 3.00. The van der Waals surface area contributed by atoms with E-state index in [1.165, 1.54) is 11.9 Å². The second-order valence-corrected chi connectivity index (χ2v) is 5.95. The van der Waals surface area contributed by atoms with Crippen molar-refractivity contribution in [3.63, 3.8) is 0 Å². The average molecular weight is 302 g/mol. The molecular weight excluding hydrogens is 285 g/mol. The second-order valence-electron chi connectivity index (χ2n) is 4.82. The van der Waals surface area contributed by atoms with Gasteiger partial charge in [0.2, 0.25) is 0 Å². The van der Waals surface area contributed by atoms with Crippen molar-refractivity contribution in [1.82, 2.24) is 10.2 Å². The molecule has 0 atom stereocenters. The van der Waals surface area contributed by atoms with Crippen LogP contribution in [0.5, 0.6) is 0 Å². The number of rotatable bonds is 5. The van der Waals surface area contributed by atoms with Crippen LogP contribution in [0.2, 0.25) is 0 Å². The summed E-state index contributed by atoms with van der Waals surface area (Å²) < 4.78 is 38.5. The molecule has 0 saturated heterocycles. The number of nitrogens with zero attached hydrogens (tertiary/aromatic N) is 1. The lowest BCUT2D eigenvalue weighted by molar-refractivity contribution is -0.144. The highest BCUT2D eigenvalue weighted by atomic mass is 32.1. The lowest BCUT2D eigenvalue weighted by Crippen LogP contribution is -2.30. The molecule has 0 aliphatic heterocycles. The number of fused-ring (bicyclic) bond motifs is 1. The quantitative estimate of drug-likeness (QED) is 0.907. The molecule has 0 aliphatic carbocycles.